The molecule has 0 saturated carbocycles. The molecule has 0 fully saturated rings. The molecule has 0 spiro atoms. The molecule has 2 aliphatic rings. The number of fused-ring (bicyclic) bond motifs is 4. The largest absolute Gasteiger partial charge is 0.355 e. The SMILES string of the molecule is Clc1c(-c2cccc3c2C(c2ccccc2)(c2ccccc2)c2ccccc2N3)cc(Br)cc1-c1cccc2c1C(c1ccccc1)(c1ccccc1)c1ccccc1N2. The quantitative estimate of drug-likeness (QED) is 0.174. The molecule has 60 heavy (non-hydrogen) atoms. The van der Waals surface area contributed by atoms with E-state index in [0.717, 1.165) is 60.6 Å². The van der Waals surface area contributed by atoms with Gasteiger partial charge < -0.3 is 10.6 Å². The molecule has 11 rings (SSSR count). The van der Waals surface area contributed by atoms with Gasteiger partial charge in [-0.1, -0.05) is 210 Å². The van der Waals surface area contributed by atoms with Gasteiger partial charge in [0.15, 0.2) is 0 Å². The zero-order valence-corrected chi connectivity index (χ0v) is 34.9. The molecule has 0 unspecified atom stereocenters. The maximum absolute atomic E-state index is 8.04. The van der Waals surface area contributed by atoms with E-state index < -0.39 is 10.8 Å². The summed E-state index contributed by atoms with van der Waals surface area (Å²) in [5, 5.41) is 8.40. The monoisotopic (exact) mass is 852 g/mol. The summed E-state index contributed by atoms with van der Waals surface area (Å²) in [6, 6.07) is 78.6. The van der Waals surface area contributed by atoms with E-state index in [1.165, 1.54) is 33.4 Å². The van der Waals surface area contributed by atoms with E-state index in [1.54, 1.807) is 0 Å². The number of anilines is 4. The van der Waals surface area contributed by atoms with Gasteiger partial charge in [0.05, 0.1) is 15.9 Å². The van der Waals surface area contributed by atoms with Crippen molar-refractivity contribution in [3.8, 4) is 22.3 Å². The Bertz CT molecular complexity index is 2770. The first kappa shape index (κ1) is 36.4. The Morgan fingerprint density at radius 1 is 0.333 bits per heavy atom. The molecule has 9 aromatic rings. The van der Waals surface area contributed by atoms with Crippen LogP contribution in [0.15, 0.2) is 223 Å². The fraction of sp³-hybridized carbons (Fsp3) is 0.0357. The van der Waals surface area contributed by atoms with Crippen LogP contribution in [0.1, 0.15) is 44.5 Å². The highest BCUT2D eigenvalue weighted by Gasteiger charge is 2.47. The zero-order chi connectivity index (χ0) is 40.3. The first-order chi connectivity index (χ1) is 29.6. The molecule has 0 radical (unpaired) electrons. The Morgan fingerprint density at radius 3 is 1.02 bits per heavy atom. The summed E-state index contributed by atoms with van der Waals surface area (Å²) in [5.41, 5.74) is 16.3. The second-order valence-corrected chi connectivity index (χ2v) is 16.9. The first-order valence-corrected chi connectivity index (χ1v) is 21.5. The van der Waals surface area contributed by atoms with Crippen LogP contribution in [-0.2, 0) is 10.8 Å². The van der Waals surface area contributed by atoms with Gasteiger partial charge in [-0.2, -0.15) is 0 Å². The third-order valence-corrected chi connectivity index (χ3v) is 13.4. The van der Waals surface area contributed by atoms with Crippen molar-refractivity contribution in [1.82, 2.24) is 0 Å². The number of para-hydroxylation sites is 2. The summed E-state index contributed by atoms with van der Waals surface area (Å²) >= 11 is 12.1. The Balaban J connectivity index is 1.23. The van der Waals surface area contributed by atoms with Crippen molar-refractivity contribution < 1.29 is 0 Å². The molecule has 2 heterocycles. The van der Waals surface area contributed by atoms with Gasteiger partial charge in [0.25, 0.3) is 0 Å². The summed E-state index contributed by atoms with van der Waals surface area (Å²) in [7, 11) is 0. The number of rotatable bonds is 6. The van der Waals surface area contributed by atoms with Gasteiger partial charge >= 0.3 is 0 Å². The second kappa shape index (κ2) is 14.6. The minimum Gasteiger partial charge on any atom is -0.355 e. The molecule has 2 aliphatic heterocycles. The number of nitrogens with one attached hydrogen (secondary N) is 2. The number of hydrogen-bond donors (Lipinski definition) is 2. The van der Waals surface area contributed by atoms with Crippen LogP contribution in [0.2, 0.25) is 5.02 Å². The Hall–Kier alpha value is -6.65. The van der Waals surface area contributed by atoms with Crippen LogP contribution in [0.4, 0.5) is 22.7 Å². The van der Waals surface area contributed by atoms with E-state index in [2.05, 4.69) is 245 Å². The second-order valence-electron chi connectivity index (χ2n) is 15.6. The van der Waals surface area contributed by atoms with Gasteiger partial charge in [0.2, 0.25) is 0 Å². The number of benzene rings is 9. The Kier molecular flexibility index (Phi) is 8.84. The zero-order valence-electron chi connectivity index (χ0n) is 32.5. The van der Waals surface area contributed by atoms with Gasteiger partial charge in [-0.25, -0.2) is 0 Å². The highest BCUT2D eigenvalue weighted by molar-refractivity contribution is 9.10. The van der Waals surface area contributed by atoms with E-state index in [-0.39, 0.29) is 0 Å². The predicted octanol–water partition coefficient (Wildman–Crippen LogP) is 15.3. The third-order valence-electron chi connectivity index (χ3n) is 12.5. The normalized spacial score (nSPS) is 14.0. The maximum atomic E-state index is 8.04. The van der Waals surface area contributed by atoms with E-state index >= 15 is 0 Å². The molecule has 286 valence electrons. The van der Waals surface area contributed by atoms with Gasteiger partial charge in [-0.05, 0) is 80.9 Å². The van der Waals surface area contributed by atoms with Gasteiger partial charge in [0.1, 0.15) is 0 Å². The maximum Gasteiger partial charge on any atom is 0.0748 e. The van der Waals surface area contributed by atoms with Gasteiger partial charge in [0, 0.05) is 49.5 Å². The summed E-state index contributed by atoms with van der Waals surface area (Å²) in [5.74, 6) is 0. The summed E-state index contributed by atoms with van der Waals surface area (Å²) in [6.07, 6.45) is 0. The lowest BCUT2D eigenvalue weighted by atomic mass is 9.61. The number of hydrogen-bond acceptors (Lipinski definition) is 2. The van der Waals surface area contributed by atoms with Gasteiger partial charge in [-0.15, -0.1) is 0 Å². The minimum absolute atomic E-state index is 0.669. The molecule has 0 saturated heterocycles. The van der Waals surface area contributed by atoms with Crippen LogP contribution < -0.4 is 10.6 Å². The molecule has 0 aromatic heterocycles. The summed E-state index contributed by atoms with van der Waals surface area (Å²) < 4.78 is 0.940. The van der Waals surface area contributed by atoms with Crippen molar-refractivity contribution in [2.75, 3.05) is 10.6 Å². The molecule has 2 nitrogen and oxygen atoms in total. The highest BCUT2D eigenvalue weighted by atomic mass is 79.9. The fourth-order valence-electron chi connectivity index (χ4n) is 10.2. The first-order valence-electron chi connectivity index (χ1n) is 20.3. The molecular formula is C56H38BrClN2. The Labute approximate surface area is 364 Å². The van der Waals surface area contributed by atoms with Crippen molar-refractivity contribution in [3.63, 3.8) is 0 Å². The van der Waals surface area contributed by atoms with Crippen molar-refractivity contribution in [1.29, 1.82) is 0 Å². The van der Waals surface area contributed by atoms with Crippen LogP contribution in [0.5, 0.6) is 0 Å². The average Bonchev–Trinajstić information content (AvgIpc) is 3.31. The Morgan fingerprint density at radius 2 is 0.650 bits per heavy atom. The summed E-state index contributed by atoms with van der Waals surface area (Å²) in [6.45, 7) is 0. The topological polar surface area (TPSA) is 24.1 Å². The van der Waals surface area contributed by atoms with Crippen LogP contribution >= 0.6 is 27.5 Å². The fourth-order valence-corrected chi connectivity index (χ4v) is 11.0. The van der Waals surface area contributed by atoms with Gasteiger partial charge in [-0.3, -0.25) is 0 Å². The van der Waals surface area contributed by atoms with Crippen molar-refractivity contribution in [3.05, 3.63) is 272 Å². The smallest absolute Gasteiger partial charge is 0.0748 e. The van der Waals surface area contributed by atoms with Crippen molar-refractivity contribution in [2.24, 2.45) is 0 Å². The third kappa shape index (κ3) is 5.39. The van der Waals surface area contributed by atoms with E-state index in [1.807, 2.05) is 0 Å². The number of halogens is 2. The van der Waals surface area contributed by atoms with E-state index in [0.29, 0.717) is 5.02 Å². The molecule has 0 bridgehead atoms. The van der Waals surface area contributed by atoms with Crippen LogP contribution in [0.25, 0.3) is 22.3 Å². The molecule has 2 N–H and O–H groups in total. The lowest BCUT2D eigenvalue weighted by Gasteiger charge is -2.44. The van der Waals surface area contributed by atoms with Crippen LogP contribution in [0.3, 0.4) is 0 Å². The minimum atomic E-state index is -0.669. The van der Waals surface area contributed by atoms with Crippen molar-refractivity contribution >= 4 is 50.3 Å². The van der Waals surface area contributed by atoms with Crippen LogP contribution in [-0.4, -0.2) is 0 Å². The summed E-state index contributed by atoms with van der Waals surface area (Å²) in [4.78, 5) is 0. The van der Waals surface area contributed by atoms with Crippen LogP contribution in [0, 0.1) is 0 Å². The molecule has 0 amide bonds. The van der Waals surface area contributed by atoms with E-state index in [9.17, 15) is 0 Å². The molecule has 4 heteroatoms. The lowest BCUT2D eigenvalue weighted by molar-refractivity contribution is 0.742. The molecule has 9 aromatic carbocycles. The van der Waals surface area contributed by atoms with Crippen molar-refractivity contribution in [2.45, 2.75) is 10.8 Å². The standard InChI is InChI=1S/C56H38BrClN2/c57-41-35-44(42-27-17-33-50-52(42)55(37-19-5-1-6-20-37,38-21-7-2-8-22-38)46-29-13-15-31-48(46)59-50)54(58)45(36-41)43-28-18-34-51-53(43)56(39-23-9-3-10-24-39,40-25-11-4-12-26-40)47-30-14-16-32-49(47)60-51/h1-36,59-60H. The molecule has 0 atom stereocenters. The molecule has 0 aliphatic carbocycles. The average molecular weight is 854 g/mol. The molecular weight excluding hydrogens is 816 g/mol. The van der Waals surface area contributed by atoms with E-state index in [4.69, 9.17) is 11.6 Å². The highest BCUT2D eigenvalue weighted by Crippen LogP contribution is 2.60. The lowest BCUT2D eigenvalue weighted by Crippen LogP contribution is -2.36. The predicted molar refractivity (Wildman–Crippen MR) is 253 cm³/mol.